The number of nitrogens with one attached hydrogen (secondary N) is 2. The molecule has 2 N–H and O–H groups in total. The molecule has 0 saturated heterocycles. The summed E-state index contributed by atoms with van der Waals surface area (Å²) >= 11 is 0. The molecule has 0 aromatic heterocycles. The van der Waals surface area contributed by atoms with Gasteiger partial charge in [0.25, 0.3) is 11.8 Å². The minimum absolute atomic E-state index is 0.165. The lowest BCUT2D eigenvalue weighted by molar-refractivity contribution is -0.131. The van der Waals surface area contributed by atoms with Crippen LogP contribution in [0.5, 0.6) is 5.75 Å². The Bertz CT molecular complexity index is 1070. The lowest BCUT2D eigenvalue weighted by Crippen LogP contribution is -2.22. The maximum Gasteiger partial charge on any atom is 0.308 e. The van der Waals surface area contributed by atoms with Gasteiger partial charge in [-0.05, 0) is 54.4 Å². The first-order valence-electron chi connectivity index (χ1n) is 9.45. The molecule has 3 aromatic rings. The van der Waals surface area contributed by atoms with Crippen molar-refractivity contribution < 1.29 is 19.1 Å². The van der Waals surface area contributed by atoms with Crippen molar-refractivity contribution >= 4 is 23.5 Å². The molecule has 0 aliphatic carbocycles. The number of hydrogen-bond donors (Lipinski definition) is 2. The van der Waals surface area contributed by atoms with Crippen LogP contribution in [0.1, 0.15) is 38.8 Å². The third kappa shape index (κ3) is 5.54. The maximum atomic E-state index is 12.4. The minimum Gasteiger partial charge on any atom is -0.427 e. The predicted octanol–water partition coefficient (Wildman–Crippen LogP) is 4.10. The van der Waals surface area contributed by atoms with Crippen molar-refractivity contribution in [3.05, 3.63) is 95.1 Å². The number of esters is 1. The Morgan fingerprint density at radius 1 is 0.867 bits per heavy atom. The van der Waals surface area contributed by atoms with Crippen molar-refractivity contribution in [2.75, 3.05) is 5.32 Å². The second kappa shape index (κ2) is 9.52. The summed E-state index contributed by atoms with van der Waals surface area (Å²) in [7, 11) is 0. The Balaban J connectivity index is 1.57. The number of aryl methyl sites for hydroxylation is 1. The number of hydrogen-bond acceptors (Lipinski definition) is 4. The molecule has 0 aliphatic rings. The van der Waals surface area contributed by atoms with Crippen LogP contribution in [0.15, 0.2) is 72.8 Å². The van der Waals surface area contributed by atoms with E-state index in [9.17, 15) is 14.4 Å². The summed E-state index contributed by atoms with van der Waals surface area (Å²) in [5, 5.41) is 5.69. The van der Waals surface area contributed by atoms with E-state index in [1.807, 2.05) is 37.3 Å². The van der Waals surface area contributed by atoms with E-state index in [1.165, 1.54) is 13.0 Å². The fourth-order valence-electron chi connectivity index (χ4n) is 2.88. The zero-order valence-corrected chi connectivity index (χ0v) is 16.8. The van der Waals surface area contributed by atoms with Crippen molar-refractivity contribution in [3.8, 4) is 5.75 Å². The molecule has 0 aliphatic heterocycles. The van der Waals surface area contributed by atoms with Gasteiger partial charge in [0.1, 0.15) is 5.75 Å². The molecule has 30 heavy (non-hydrogen) atoms. The molecule has 2 amide bonds. The highest BCUT2D eigenvalue weighted by Crippen LogP contribution is 2.15. The van der Waals surface area contributed by atoms with Gasteiger partial charge in [0.05, 0.1) is 0 Å². The van der Waals surface area contributed by atoms with E-state index in [0.717, 1.165) is 11.1 Å². The van der Waals surface area contributed by atoms with E-state index in [1.54, 1.807) is 36.4 Å². The van der Waals surface area contributed by atoms with Crippen molar-refractivity contribution in [2.45, 2.75) is 20.4 Å². The average molecular weight is 402 g/mol. The number of carbonyl (C=O) groups is 3. The summed E-state index contributed by atoms with van der Waals surface area (Å²) in [6, 6.07) is 21.1. The Morgan fingerprint density at radius 2 is 1.60 bits per heavy atom. The molecule has 0 radical (unpaired) electrons. The SMILES string of the molecule is CC(=O)Oc1cccc(C(=O)NCc2ccc(NC(=O)c3ccccc3C)cc2)c1. The van der Waals surface area contributed by atoms with Crippen LogP contribution in [0.4, 0.5) is 5.69 Å². The highest BCUT2D eigenvalue weighted by Gasteiger charge is 2.10. The van der Waals surface area contributed by atoms with E-state index in [4.69, 9.17) is 4.74 Å². The molecular formula is C24H22N2O4. The summed E-state index contributed by atoms with van der Waals surface area (Å²) in [4.78, 5) is 35.8. The van der Waals surface area contributed by atoms with Gasteiger partial charge in [-0.2, -0.15) is 0 Å². The van der Waals surface area contributed by atoms with Crippen LogP contribution < -0.4 is 15.4 Å². The van der Waals surface area contributed by atoms with Gasteiger partial charge in [0.2, 0.25) is 0 Å². The minimum atomic E-state index is -0.442. The number of anilines is 1. The summed E-state index contributed by atoms with van der Waals surface area (Å²) in [6.07, 6.45) is 0. The summed E-state index contributed by atoms with van der Waals surface area (Å²) < 4.78 is 5.00. The van der Waals surface area contributed by atoms with Crippen molar-refractivity contribution in [3.63, 3.8) is 0 Å². The van der Waals surface area contributed by atoms with Gasteiger partial charge < -0.3 is 15.4 Å². The maximum absolute atomic E-state index is 12.4. The zero-order chi connectivity index (χ0) is 21.5. The Hall–Kier alpha value is -3.93. The molecule has 152 valence electrons. The Kier molecular flexibility index (Phi) is 6.60. The van der Waals surface area contributed by atoms with Crippen LogP contribution >= 0.6 is 0 Å². The van der Waals surface area contributed by atoms with Gasteiger partial charge in [0.15, 0.2) is 0 Å². The topological polar surface area (TPSA) is 84.5 Å². The van der Waals surface area contributed by atoms with E-state index < -0.39 is 5.97 Å². The van der Waals surface area contributed by atoms with E-state index in [2.05, 4.69) is 10.6 Å². The molecule has 3 aromatic carbocycles. The smallest absolute Gasteiger partial charge is 0.308 e. The number of amides is 2. The monoisotopic (exact) mass is 402 g/mol. The molecule has 6 nitrogen and oxygen atoms in total. The van der Waals surface area contributed by atoms with Crippen molar-refractivity contribution in [1.29, 1.82) is 0 Å². The number of carbonyl (C=O) groups excluding carboxylic acids is 3. The van der Waals surface area contributed by atoms with Gasteiger partial charge in [0, 0.05) is 30.3 Å². The third-order valence-electron chi connectivity index (χ3n) is 4.41. The van der Waals surface area contributed by atoms with Gasteiger partial charge in [-0.25, -0.2) is 0 Å². The fourth-order valence-corrected chi connectivity index (χ4v) is 2.88. The van der Waals surface area contributed by atoms with Crippen LogP contribution in [-0.4, -0.2) is 17.8 Å². The molecule has 0 heterocycles. The lowest BCUT2D eigenvalue weighted by Gasteiger charge is -2.09. The van der Waals surface area contributed by atoms with Gasteiger partial charge in [-0.1, -0.05) is 36.4 Å². The second-order valence-corrected chi connectivity index (χ2v) is 6.77. The van der Waals surface area contributed by atoms with Gasteiger partial charge in [-0.3, -0.25) is 14.4 Å². The fraction of sp³-hybridized carbons (Fsp3) is 0.125. The van der Waals surface area contributed by atoms with E-state index >= 15 is 0 Å². The van der Waals surface area contributed by atoms with Gasteiger partial charge in [-0.15, -0.1) is 0 Å². The highest BCUT2D eigenvalue weighted by molar-refractivity contribution is 6.05. The summed E-state index contributed by atoms with van der Waals surface area (Å²) in [6.45, 7) is 3.52. The molecule has 0 spiro atoms. The van der Waals surface area contributed by atoms with E-state index in [-0.39, 0.29) is 11.8 Å². The molecule has 0 fully saturated rings. The summed E-state index contributed by atoms with van der Waals surface area (Å²) in [5.74, 6) is -0.561. The normalized spacial score (nSPS) is 10.2. The number of rotatable bonds is 6. The van der Waals surface area contributed by atoms with Crippen LogP contribution in [0.2, 0.25) is 0 Å². The molecule has 6 heteroatoms. The first-order chi connectivity index (χ1) is 14.4. The van der Waals surface area contributed by atoms with Crippen LogP contribution in [0.3, 0.4) is 0 Å². The molecule has 0 saturated carbocycles. The predicted molar refractivity (Wildman–Crippen MR) is 114 cm³/mol. The third-order valence-corrected chi connectivity index (χ3v) is 4.41. The number of ether oxygens (including phenoxy) is 1. The van der Waals surface area contributed by atoms with Crippen LogP contribution in [-0.2, 0) is 11.3 Å². The largest absolute Gasteiger partial charge is 0.427 e. The average Bonchev–Trinajstić information content (AvgIpc) is 2.73. The van der Waals surface area contributed by atoms with Gasteiger partial charge >= 0.3 is 5.97 Å². The zero-order valence-electron chi connectivity index (χ0n) is 16.8. The first kappa shape index (κ1) is 20.8. The van der Waals surface area contributed by atoms with Crippen LogP contribution in [0, 0.1) is 6.92 Å². The Labute approximate surface area is 174 Å². The first-order valence-corrected chi connectivity index (χ1v) is 9.45. The molecular weight excluding hydrogens is 380 g/mol. The number of benzene rings is 3. The molecule has 0 unspecified atom stereocenters. The highest BCUT2D eigenvalue weighted by atomic mass is 16.5. The van der Waals surface area contributed by atoms with Crippen LogP contribution in [0.25, 0.3) is 0 Å². The molecule has 0 bridgehead atoms. The summed E-state index contributed by atoms with van der Waals surface area (Å²) in [5.41, 5.74) is 3.49. The standard InChI is InChI=1S/C24H22N2O4/c1-16-6-3-4-9-22(16)24(29)26-20-12-10-18(11-13-20)15-25-23(28)19-7-5-8-21(14-19)30-17(2)27/h3-14H,15H2,1-2H3,(H,25,28)(H,26,29). The van der Waals surface area contributed by atoms with E-state index in [0.29, 0.717) is 29.1 Å². The van der Waals surface area contributed by atoms with Crippen molar-refractivity contribution in [2.24, 2.45) is 0 Å². The lowest BCUT2D eigenvalue weighted by atomic mass is 10.1. The van der Waals surface area contributed by atoms with Crippen molar-refractivity contribution in [1.82, 2.24) is 5.32 Å². The quantitative estimate of drug-likeness (QED) is 0.480. The molecule has 0 atom stereocenters. The molecule has 3 rings (SSSR count). The second-order valence-electron chi connectivity index (χ2n) is 6.77. The Morgan fingerprint density at radius 3 is 2.30 bits per heavy atom.